The van der Waals surface area contributed by atoms with Gasteiger partial charge in [-0.25, -0.2) is 0 Å². The van der Waals surface area contributed by atoms with Crippen molar-refractivity contribution in [2.45, 2.75) is 41.0 Å². The van der Waals surface area contributed by atoms with Crippen molar-refractivity contribution >= 4 is 23.0 Å². The van der Waals surface area contributed by atoms with Crippen LogP contribution < -0.4 is 0 Å². The number of rotatable bonds is 15. The molecule has 0 spiro atoms. The molecule has 10 nitrogen and oxygen atoms in total. The van der Waals surface area contributed by atoms with E-state index in [0.717, 1.165) is 17.4 Å². The molecule has 1 heterocycles. The molecule has 1 atom stereocenters. The Labute approximate surface area is 177 Å². The molecule has 0 fully saturated rings. The highest BCUT2D eigenvalue weighted by molar-refractivity contribution is 7.78. The van der Waals surface area contributed by atoms with Gasteiger partial charge in [-0.1, -0.05) is 0 Å². The van der Waals surface area contributed by atoms with Crippen LogP contribution in [0.25, 0.3) is 0 Å². The molecule has 0 aromatic rings. The van der Waals surface area contributed by atoms with E-state index in [1.165, 1.54) is 0 Å². The number of hydrogen-bond donors (Lipinski definition) is 0. The molecule has 0 aromatic carbocycles. The fourth-order valence-electron chi connectivity index (χ4n) is 2.47. The van der Waals surface area contributed by atoms with Crippen LogP contribution in [0.4, 0.5) is 0 Å². The SMILES string of the molecule is CCOP1(OCC)=NP(OCC)(OCC)=NP(OCC)(OCCC[N+](C)(C)C)=N1. The molecule has 29 heavy (non-hydrogen) atoms. The van der Waals surface area contributed by atoms with Crippen molar-refractivity contribution in [2.24, 2.45) is 13.5 Å². The Morgan fingerprint density at radius 3 is 1.14 bits per heavy atom. The Morgan fingerprint density at radius 2 is 0.862 bits per heavy atom. The summed E-state index contributed by atoms with van der Waals surface area (Å²) in [5.74, 6) is 0. The zero-order valence-corrected chi connectivity index (χ0v) is 21.9. The van der Waals surface area contributed by atoms with Crippen molar-refractivity contribution in [3.8, 4) is 0 Å². The Morgan fingerprint density at radius 1 is 0.552 bits per heavy atom. The first kappa shape index (κ1) is 27.4. The second-order valence-electron chi connectivity index (χ2n) is 7.03. The summed E-state index contributed by atoms with van der Waals surface area (Å²) in [6.45, 7) is 12.7. The number of nitrogens with zero attached hydrogens (tertiary/aromatic N) is 4. The molecule has 174 valence electrons. The summed E-state index contributed by atoms with van der Waals surface area (Å²) in [4.78, 5) is 0. The Balaban J connectivity index is 3.49. The molecule has 1 aliphatic heterocycles. The summed E-state index contributed by atoms with van der Waals surface area (Å²) in [6, 6.07) is 0. The minimum Gasteiger partial charge on any atom is -0.331 e. The van der Waals surface area contributed by atoms with Crippen LogP contribution in [0.1, 0.15) is 41.0 Å². The van der Waals surface area contributed by atoms with Gasteiger partial charge in [0.2, 0.25) is 0 Å². The standard InChI is InChI=1S/C16H40N4O6P3/c1-9-21-27(22-10-2)17-28(23-11-3,24-12-4)19-29(18-27,25-13-5)26-16-14-15-20(6,7)8/h9-16H2,1-8H3/q+1. The topological polar surface area (TPSA) is 92.5 Å². The van der Waals surface area contributed by atoms with E-state index in [4.69, 9.17) is 40.7 Å². The van der Waals surface area contributed by atoms with E-state index in [1.54, 1.807) is 0 Å². The second-order valence-corrected chi connectivity index (χ2v) is 13.7. The van der Waals surface area contributed by atoms with Crippen LogP contribution in [0, 0.1) is 0 Å². The van der Waals surface area contributed by atoms with Gasteiger partial charge in [0.25, 0.3) is 0 Å². The Kier molecular flexibility index (Phi) is 11.8. The van der Waals surface area contributed by atoms with Crippen LogP contribution >= 0.6 is 23.0 Å². The quantitative estimate of drug-likeness (QED) is 0.160. The van der Waals surface area contributed by atoms with E-state index in [9.17, 15) is 0 Å². The lowest BCUT2D eigenvalue weighted by atomic mass is 10.4. The monoisotopic (exact) mass is 477 g/mol. The first-order valence-electron chi connectivity index (χ1n) is 10.2. The molecule has 0 bridgehead atoms. The maximum absolute atomic E-state index is 6.22. The molecular weight excluding hydrogens is 437 g/mol. The average Bonchev–Trinajstić information content (AvgIpc) is 2.59. The summed E-state index contributed by atoms with van der Waals surface area (Å²) in [7, 11) is -2.76. The molecule has 1 unspecified atom stereocenters. The molecule has 0 saturated carbocycles. The van der Waals surface area contributed by atoms with Crippen molar-refractivity contribution in [1.29, 1.82) is 0 Å². The summed E-state index contributed by atoms with van der Waals surface area (Å²) in [6.07, 6.45) is 0.837. The Hall–Kier alpha value is 0.410. The molecule has 0 N–H and O–H groups in total. The van der Waals surface area contributed by atoms with Gasteiger partial charge < -0.3 is 31.6 Å². The molecule has 1 rings (SSSR count). The van der Waals surface area contributed by atoms with Gasteiger partial charge in [-0.2, -0.15) is 0 Å². The summed E-state index contributed by atoms with van der Waals surface area (Å²) < 4.78 is 51.1. The summed E-state index contributed by atoms with van der Waals surface area (Å²) in [5.41, 5.74) is 0. The van der Waals surface area contributed by atoms with Gasteiger partial charge in [-0.05, 0) is 34.6 Å². The zero-order chi connectivity index (χ0) is 22.0. The highest BCUT2D eigenvalue weighted by Gasteiger charge is 2.42. The van der Waals surface area contributed by atoms with Gasteiger partial charge in [-0.15, -0.1) is 13.5 Å². The molecule has 0 radical (unpaired) electrons. The maximum Gasteiger partial charge on any atom is 0.349 e. The Bertz CT molecular complexity index is 630. The first-order chi connectivity index (χ1) is 13.6. The van der Waals surface area contributed by atoms with Gasteiger partial charge in [0.15, 0.2) is 0 Å². The molecule has 0 aromatic heterocycles. The third-order valence-electron chi connectivity index (χ3n) is 3.40. The lowest BCUT2D eigenvalue weighted by Gasteiger charge is -2.32. The molecule has 0 aliphatic carbocycles. The summed E-state index contributed by atoms with van der Waals surface area (Å²) >= 11 is 0. The lowest BCUT2D eigenvalue weighted by molar-refractivity contribution is -0.870. The second kappa shape index (κ2) is 12.4. The first-order valence-corrected chi connectivity index (χ1v) is 14.8. The van der Waals surface area contributed by atoms with Crippen LogP contribution in [0.2, 0.25) is 0 Å². The summed E-state index contributed by atoms with van der Waals surface area (Å²) in [5, 5.41) is 0. The highest BCUT2D eigenvalue weighted by atomic mass is 31.3. The minimum absolute atomic E-state index is 0.382. The van der Waals surface area contributed by atoms with Gasteiger partial charge >= 0.3 is 23.0 Å². The van der Waals surface area contributed by atoms with E-state index in [1.807, 2.05) is 34.6 Å². The third-order valence-corrected chi connectivity index (χ3v) is 12.3. The van der Waals surface area contributed by atoms with Gasteiger partial charge in [0, 0.05) is 6.42 Å². The van der Waals surface area contributed by atoms with E-state index >= 15 is 0 Å². The normalized spacial score (nSPS) is 23.2. The highest BCUT2D eigenvalue weighted by Crippen LogP contribution is 2.80. The predicted octanol–water partition coefficient (Wildman–Crippen LogP) is 6.13. The smallest absolute Gasteiger partial charge is 0.331 e. The van der Waals surface area contributed by atoms with Gasteiger partial charge in [-0.3, -0.25) is 0 Å². The van der Waals surface area contributed by atoms with E-state index in [-0.39, 0.29) is 0 Å². The van der Waals surface area contributed by atoms with Crippen molar-refractivity contribution < 1.29 is 31.6 Å². The fourth-order valence-corrected chi connectivity index (χ4v) is 12.0. The van der Waals surface area contributed by atoms with Crippen LogP contribution in [0.3, 0.4) is 0 Å². The van der Waals surface area contributed by atoms with Crippen molar-refractivity contribution in [3.05, 3.63) is 0 Å². The van der Waals surface area contributed by atoms with Crippen LogP contribution in [0.15, 0.2) is 13.5 Å². The number of quaternary nitrogens is 1. The number of hydrogen-bond acceptors (Lipinski definition) is 9. The predicted molar refractivity (Wildman–Crippen MR) is 120 cm³/mol. The van der Waals surface area contributed by atoms with Crippen molar-refractivity contribution in [1.82, 2.24) is 0 Å². The van der Waals surface area contributed by atoms with E-state index in [2.05, 4.69) is 21.1 Å². The largest absolute Gasteiger partial charge is 0.349 e. The molecule has 0 saturated heterocycles. The van der Waals surface area contributed by atoms with Crippen molar-refractivity contribution in [2.75, 3.05) is 67.3 Å². The van der Waals surface area contributed by atoms with Crippen LogP contribution in [-0.2, 0) is 27.1 Å². The van der Waals surface area contributed by atoms with Crippen LogP contribution in [0.5, 0.6) is 0 Å². The van der Waals surface area contributed by atoms with E-state index in [0.29, 0.717) is 39.6 Å². The molecular formula is C16H40N4O6P3+. The maximum atomic E-state index is 6.22. The van der Waals surface area contributed by atoms with E-state index < -0.39 is 23.0 Å². The zero-order valence-electron chi connectivity index (χ0n) is 19.2. The fraction of sp³-hybridized carbons (Fsp3) is 1.00. The molecule has 1 aliphatic rings. The van der Waals surface area contributed by atoms with Crippen LogP contribution in [-0.4, -0.2) is 71.8 Å². The third kappa shape index (κ3) is 8.82. The van der Waals surface area contributed by atoms with Gasteiger partial charge in [0.1, 0.15) is 0 Å². The minimum atomic E-state index is -3.09. The molecule has 13 heteroatoms. The average molecular weight is 477 g/mol. The lowest BCUT2D eigenvalue weighted by Crippen LogP contribution is -2.35. The van der Waals surface area contributed by atoms with Gasteiger partial charge in [0.05, 0.1) is 67.3 Å². The molecule has 0 amide bonds. The van der Waals surface area contributed by atoms with Crippen molar-refractivity contribution in [3.63, 3.8) is 0 Å².